The lowest BCUT2D eigenvalue weighted by Gasteiger charge is -2.12. The molecule has 0 unspecified atom stereocenters. The molecule has 0 aliphatic carbocycles. The van der Waals surface area contributed by atoms with E-state index in [2.05, 4.69) is 31.0 Å². The lowest BCUT2D eigenvalue weighted by atomic mass is 10.0. The number of rotatable bonds is 5. The average Bonchev–Trinajstić information content (AvgIpc) is 2.86. The van der Waals surface area contributed by atoms with Gasteiger partial charge in [-0.3, -0.25) is 4.79 Å². The van der Waals surface area contributed by atoms with Crippen molar-refractivity contribution in [2.45, 2.75) is 26.7 Å². The molecule has 1 rings (SSSR count). The van der Waals surface area contributed by atoms with Gasteiger partial charge in [0.25, 0.3) is 5.91 Å². The van der Waals surface area contributed by atoms with E-state index < -0.39 is 0 Å². The van der Waals surface area contributed by atoms with Crippen molar-refractivity contribution >= 4 is 17.2 Å². The zero-order chi connectivity index (χ0) is 13.4. The minimum absolute atomic E-state index is 0.0149. The summed E-state index contributed by atoms with van der Waals surface area (Å²) in [6, 6.07) is 1.82. The molecule has 3 N–H and O–H groups in total. The van der Waals surface area contributed by atoms with Crippen LogP contribution in [0, 0.1) is 17.8 Å². The van der Waals surface area contributed by atoms with E-state index in [0.717, 1.165) is 24.3 Å². The Morgan fingerprint density at radius 1 is 1.50 bits per heavy atom. The molecule has 0 aromatic carbocycles. The van der Waals surface area contributed by atoms with Gasteiger partial charge in [0.15, 0.2) is 0 Å². The monoisotopic (exact) mass is 264 g/mol. The maximum absolute atomic E-state index is 11.9. The molecule has 4 heteroatoms. The van der Waals surface area contributed by atoms with Gasteiger partial charge in [-0.15, -0.1) is 11.3 Å². The Labute approximate surface area is 113 Å². The van der Waals surface area contributed by atoms with Crippen molar-refractivity contribution in [3.63, 3.8) is 0 Å². The van der Waals surface area contributed by atoms with Crippen LogP contribution in [0.4, 0.5) is 0 Å². The number of hydrogen-bond donors (Lipinski definition) is 2. The highest BCUT2D eigenvalue weighted by Gasteiger charge is 2.10. The molecule has 0 aliphatic rings. The van der Waals surface area contributed by atoms with Crippen LogP contribution in [-0.2, 0) is 0 Å². The third-order valence-electron chi connectivity index (χ3n) is 2.88. The second-order valence-electron chi connectivity index (χ2n) is 4.10. The molecule has 1 heterocycles. The molecule has 1 amide bonds. The van der Waals surface area contributed by atoms with Crippen LogP contribution in [0.3, 0.4) is 0 Å². The molecule has 0 atom stereocenters. The summed E-state index contributed by atoms with van der Waals surface area (Å²) in [5.74, 6) is 6.26. The van der Waals surface area contributed by atoms with E-state index in [1.807, 2.05) is 11.4 Å². The Morgan fingerprint density at radius 2 is 2.22 bits per heavy atom. The highest BCUT2D eigenvalue weighted by atomic mass is 32.1. The first kappa shape index (κ1) is 14.7. The van der Waals surface area contributed by atoms with Crippen LogP contribution in [0.2, 0.25) is 0 Å². The van der Waals surface area contributed by atoms with Crippen molar-refractivity contribution in [2.24, 2.45) is 11.7 Å². The summed E-state index contributed by atoms with van der Waals surface area (Å²) in [7, 11) is 0. The van der Waals surface area contributed by atoms with Crippen LogP contribution >= 0.6 is 11.3 Å². The van der Waals surface area contributed by atoms with Crippen molar-refractivity contribution in [3.05, 3.63) is 21.9 Å². The predicted octanol–water partition coefficient (Wildman–Crippen LogP) is 2.22. The lowest BCUT2D eigenvalue weighted by molar-refractivity contribution is 0.0947. The Bertz CT molecular complexity index is 438. The van der Waals surface area contributed by atoms with Crippen LogP contribution < -0.4 is 11.1 Å². The van der Waals surface area contributed by atoms with Crippen LogP contribution in [0.25, 0.3) is 0 Å². The van der Waals surface area contributed by atoms with E-state index in [1.165, 1.54) is 11.3 Å². The smallest absolute Gasteiger partial charge is 0.252 e. The van der Waals surface area contributed by atoms with Gasteiger partial charge in [-0.1, -0.05) is 38.5 Å². The normalized spacial score (nSPS) is 10.0. The van der Waals surface area contributed by atoms with Gasteiger partial charge in [0, 0.05) is 11.9 Å². The van der Waals surface area contributed by atoms with E-state index in [1.54, 1.807) is 0 Å². The molecular formula is C14H20N2OS. The molecule has 0 bridgehead atoms. The fourth-order valence-electron chi connectivity index (χ4n) is 1.58. The van der Waals surface area contributed by atoms with Gasteiger partial charge < -0.3 is 11.1 Å². The Balaban J connectivity index is 2.54. The van der Waals surface area contributed by atoms with Gasteiger partial charge in [-0.05, 0) is 12.0 Å². The highest BCUT2D eigenvalue weighted by molar-refractivity contribution is 7.10. The summed E-state index contributed by atoms with van der Waals surface area (Å²) >= 11 is 1.47. The second-order valence-corrected chi connectivity index (χ2v) is 5.01. The van der Waals surface area contributed by atoms with Crippen LogP contribution in [0.5, 0.6) is 0 Å². The third-order valence-corrected chi connectivity index (χ3v) is 3.73. The second kappa shape index (κ2) is 7.91. The number of hydrogen-bond acceptors (Lipinski definition) is 3. The van der Waals surface area contributed by atoms with E-state index in [-0.39, 0.29) is 5.91 Å². The van der Waals surface area contributed by atoms with Crippen LogP contribution in [0.1, 0.15) is 41.9 Å². The SMILES string of the molecule is CCC(CC)CNC(=O)c1csc(C#CCN)c1. The minimum Gasteiger partial charge on any atom is -0.352 e. The summed E-state index contributed by atoms with van der Waals surface area (Å²) in [6.07, 6.45) is 2.18. The molecule has 1 aromatic rings. The zero-order valence-electron chi connectivity index (χ0n) is 11.0. The zero-order valence-corrected chi connectivity index (χ0v) is 11.8. The molecule has 98 valence electrons. The third kappa shape index (κ3) is 4.52. The first-order valence-electron chi connectivity index (χ1n) is 6.26. The van der Waals surface area contributed by atoms with Crippen molar-refractivity contribution in [3.8, 4) is 11.8 Å². The van der Waals surface area contributed by atoms with Crippen molar-refractivity contribution in [2.75, 3.05) is 13.1 Å². The summed E-state index contributed by atoms with van der Waals surface area (Å²) in [6.45, 7) is 5.37. The van der Waals surface area contributed by atoms with Crippen molar-refractivity contribution < 1.29 is 4.79 Å². The van der Waals surface area contributed by atoms with Gasteiger partial charge in [-0.25, -0.2) is 0 Å². The van der Waals surface area contributed by atoms with Gasteiger partial charge >= 0.3 is 0 Å². The number of amides is 1. The molecule has 1 aromatic heterocycles. The molecule has 0 radical (unpaired) electrons. The summed E-state index contributed by atoms with van der Waals surface area (Å²) in [4.78, 5) is 12.8. The molecule has 0 fully saturated rings. The summed E-state index contributed by atoms with van der Waals surface area (Å²) < 4.78 is 0. The molecular weight excluding hydrogens is 244 g/mol. The minimum atomic E-state index is -0.0149. The molecule has 0 aliphatic heterocycles. The lowest BCUT2D eigenvalue weighted by Crippen LogP contribution is -2.28. The number of nitrogens with two attached hydrogens (primary N) is 1. The van der Waals surface area contributed by atoms with Crippen molar-refractivity contribution in [1.82, 2.24) is 5.32 Å². The Kier molecular flexibility index (Phi) is 6.48. The van der Waals surface area contributed by atoms with E-state index >= 15 is 0 Å². The first-order valence-corrected chi connectivity index (χ1v) is 7.14. The number of nitrogens with one attached hydrogen (secondary N) is 1. The Hall–Kier alpha value is -1.31. The van der Waals surface area contributed by atoms with Crippen LogP contribution in [-0.4, -0.2) is 19.0 Å². The van der Waals surface area contributed by atoms with Gasteiger partial charge in [0.2, 0.25) is 0 Å². The topological polar surface area (TPSA) is 55.1 Å². The van der Waals surface area contributed by atoms with Gasteiger partial charge in [0.1, 0.15) is 0 Å². The standard InChI is InChI=1S/C14H20N2OS/c1-3-11(4-2)9-16-14(17)12-8-13(18-10-12)6-5-7-15/h8,10-11H,3-4,7,9,15H2,1-2H3,(H,16,17). The summed E-state index contributed by atoms with van der Waals surface area (Å²) in [5.41, 5.74) is 5.99. The van der Waals surface area contributed by atoms with Gasteiger partial charge in [0.05, 0.1) is 17.0 Å². The Morgan fingerprint density at radius 3 is 2.83 bits per heavy atom. The number of carbonyl (C=O) groups is 1. The largest absolute Gasteiger partial charge is 0.352 e. The number of carbonyl (C=O) groups excluding carboxylic acids is 1. The fourth-order valence-corrected chi connectivity index (χ4v) is 2.33. The molecule has 18 heavy (non-hydrogen) atoms. The number of thiophene rings is 1. The van der Waals surface area contributed by atoms with E-state index in [9.17, 15) is 4.79 Å². The van der Waals surface area contributed by atoms with Gasteiger partial charge in [-0.2, -0.15) is 0 Å². The van der Waals surface area contributed by atoms with E-state index in [0.29, 0.717) is 18.0 Å². The maximum atomic E-state index is 11.9. The average molecular weight is 264 g/mol. The maximum Gasteiger partial charge on any atom is 0.252 e. The summed E-state index contributed by atoms with van der Waals surface area (Å²) in [5, 5.41) is 4.80. The fraction of sp³-hybridized carbons (Fsp3) is 0.500. The molecule has 0 saturated heterocycles. The highest BCUT2D eigenvalue weighted by Crippen LogP contribution is 2.13. The molecule has 0 spiro atoms. The first-order chi connectivity index (χ1) is 8.71. The molecule has 0 saturated carbocycles. The quantitative estimate of drug-likeness (QED) is 0.801. The molecule has 3 nitrogen and oxygen atoms in total. The van der Waals surface area contributed by atoms with E-state index in [4.69, 9.17) is 5.73 Å². The van der Waals surface area contributed by atoms with Crippen molar-refractivity contribution in [1.29, 1.82) is 0 Å². The van der Waals surface area contributed by atoms with Crippen LogP contribution in [0.15, 0.2) is 11.4 Å². The predicted molar refractivity (Wildman–Crippen MR) is 76.7 cm³/mol.